The Kier molecular flexibility index (Phi) is 13.1. The zero-order valence-electron chi connectivity index (χ0n) is 28.6. The van der Waals surface area contributed by atoms with Gasteiger partial charge in [0, 0.05) is 75.1 Å². The Bertz CT molecular complexity index is 1580. The topological polar surface area (TPSA) is 128 Å². The minimum Gasteiger partial charge on any atom is -0.454 e. The number of urea groups is 1. The van der Waals surface area contributed by atoms with Crippen LogP contribution >= 0.6 is 0 Å². The normalized spacial score (nSPS) is 16.0. The lowest BCUT2D eigenvalue weighted by atomic mass is 9.93. The van der Waals surface area contributed by atoms with Crippen LogP contribution in [0.1, 0.15) is 41.8 Å². The number of carbonyl (C=O) groups is 1. The minimum absolute atomic E-state index is 0.0885. The first-order valence-electron chi connectivity index (χ1n) is 17.4. The number of aromatic nitrogens is 2. The van der Waals surface area contributed by atoms with Crippen molar-refractivity contribution >= 4 is 23.4 Å². The number of halogens is 1. The SMILES string of the molecule is COCCOCCOCCOCCNC1CN(Cc2ccc(C3=Cc4nccc(Oc5ccc(NC(=O)NC6CC6)cc5F)c4CC3)nc2)C1. The fraction of sp³-hybridized carbons (Fsp3) is 0.486. The third-order valence-corrected chi connectivity index (χ3v) is 8.70. The van der Waals surface area contributed by atoms with Gasteiger partial charge in [-0.25, -0.2) is 9.18 Å². The van der Waals surface area contributed by atoms with Crippen LogP contribution in [0.4, 0.5) is 14.9 Å². The van der Waals surface area contributed by atoms with Crippen LogP contribution < -0.4 is 20.7 Å². The van der Waals surface area contributed by atoms with Gasteiger partial charge < -0.3 is 39.6 Å². The van der Waals surface area contributed by atoms with E-state index in [1.807, 2.05) is 12.3 Å². The van der Waals surface area contributed by atoms with Gasteiger partial charge in [-0.3, -0.25) is 14.9 Å². The zero-order chi connectivity index (χ0) is 34.5. The quantitative estimate of drug-likeness (QED) is 0.144. The summed E-state index contributed by atoms with van der Waals surface area (Å²) in [5.74, 6) is 0.0988. The predicted molar refractivity (Wildman–Crippen MR) is 188 cm³/mol. The Hall–Kier alpha value is -3.98. The zero-order valence-corrected chi connectivity index (χ0v) is 28.6. The molecule has 1 saturated heterocycles. The second-order valence-electron chi connectivity index (χ2n) is 12.7. The molecule has 0 atom stereocenters. The van der Waals surface area contributed by atoms with Crippen molar-refractivity contribution in [3.63, 3.8) is 0 Å². The van der Waals surface area contributed by atoms with Crippen LogP contribution in [0.3, 0.4) is 0 Å². The summed E-state index contributed by atoms with van der Waals surface area (Å²) >= 11 is 0. The number of rotatable bonds is 20. The maximum atomic E-state index is 14.9. The van der Waals surface area contributed by atoms with Gasteiger partial charge in [0.2, 0.25) is 0 Å². The van der Waals surface area contributed by atoms with Crippen LogP contribution in [-0.4, -0.2) is 106 Å². The summed E-state index contributed by atoms with van der Waals surface area (Å²) in [5.41, 5.74) is 5.30. The van der Waals surface area contributed by atoms with Gasteiger partial charge in [-0.05, 0) is 67.2 Å². The van der Waals surface area contributed by atoms with Gasteiger partial charge >= 0.3 is 6.03 Å². The second-order valence-corrected chi connectivity index (χ2v) is 12.7. The molecule has 3 N–H and O–H groups in total. The highest BCUT2D eigenvalue weighted by atomic mass is 19.1. The minimum atomic E-state index is -0.555. The molecule has 1 saturated carbocycles. The number of nitrogens with zero attached hydrogens (tertiary/aromatic N) is 3. The van der Waals surface area contributed by atoms with E-state index in [1.54, 1.807) is 25.4 Å². The van der Waals surface area contributed by atoms with Crippen molar-refractivity contribution in [2.75, 3.05) is 78.3 Å². The first-order valence-corrected chi connectivity index (χ1v) is 17.4. The van der Waals surface area contributed by atoms with Crippen molar-refractivity contribution in [2.45, 2.75) is 44.3 Å². The number of ether oxygens (including phenoxy) is 5. The molecule has 1 aliphatic heterocycles. The third-order valence-electron chi connectivity index (χ3n) is 8.70. The summed E-state index contributed by atoms with van der Waals surface area (Å²) < 4.78 is 42.4. The average Bonchev–Trinajstić information content (AvgIpc) is 3.92. The number of methoxy groups -OCH3 is 1. The summed E-state index contributed by atoms with van der Waals surface area (Å²) in [6, 6.07) is 10.8. The van der Waals surface area contributed by atoms with Gasteiger partial charge in [0.05, 0.1) is 57.6 Å². The van der Waals surface area contributed by atoms with E-state index in [-0.39, 0.29) is 17.8 Å². The monoisotopic (exact) mass is 690 g/mol. The van der Waals surface area contributed by atoms with E-state index < -0.39 is 5.82 Å². The molecular formula is C37H47FN6O6. The van der Waals surface area contributed by atoms with E-state index in [0.717, 1.165) is 68.0 Å². The summed E-state index contributed by atoms with van der Waals surface area (Å²) in [4.78, 5) is 23.8. The molecule has 1 aromatic carbocycles. The van der Waals surface area contributed by atoms with E-state index in [2.05, 4.69) is 38.0 Å². The lowest BCUT2D eigenvalue weighted by Gasteiger charge is -2.39. The Balaban J connectivity index is 0.900. The van der Waals surface area contributed by atoms with Gasteiger partial charge in [0.1, 0.15) is 5.75 Å². The molecule has 50 heavy (non-hydrogen) atoms. The first-order chi connectivity index (χ1) is 24.5. The lowest BCUT2D eigenvalue weighted by molar-refractivity contribution is 0.00321. The van der Waals surface area contributed by atoms with Crippen molar-refractivity contribution < 1.29 is 32.9 Å². The van der Waals surface area contributed by atoms with Crippen molar-refractivity contribution in [1.82, 2.24) is 25.5 Å². The van der Waals surface area contributed by atoms with Gasteiger partial charge in [-0.15, -0.1) is 0 Å². The number of hydrogen-bond acceptors (Lipinski definition) is 10. The molecule has 0 radical (unpaired) electrons. The van der Waals surface area contributed by atoms with E-state index in [9.17, 15) is 9.18 Å². The molecule has 2 aliphatic carbocycles. The number of carbonyl (C=O) groups excluding carboxylic acids is 1. The molecule has 2 aromatic heterocycles. The fourth-order valence-corrected chi connectivity index (χ4v) is 5.83. The Morgan fingerprint density at radius 2 is 1.68 bits per heavy atom. The fourth-order valence-electron chi connectivity index (χ4n) is 5.83. The van der Waals surface area contributed by atoms with Crippen molar-refractivity contribution in [2.24, 2.45) is 0 Å². The average molecular weight is 691 g/mol. The molecule has 3 aromatic rings. The van der Waals surface area contributed by atoms with Crippen molar-refractivity contribution in [3.05, 3.63) is 77.1 Å². The number of nitrogens with one attached hydrogen (secondary N) is 3. The number of likely N-dealkylation sites (tertiary alicyclic amines) is 1. The molecule has 3 heterocycles. The molecule has 0 spiro atoms. The third kappa shape index (κ3) is 10.8. The second kappa shape index (κ2) is 18.3. The van der Waals surface area contributed by atoms with E-state index >= 15 is 0 Å². The lowest BCUT2D eigenvalue weighted by Crippen LogP contribution is -2.57. The molecule has 268 valence electrons. The van der Waals surface area contributed by atoms with Crippen LogP contribution in [0, 0.1) is 5.82 Å². The Morgan fingerprint density at radius 1 is 0.900 bits per heavy atom. The molecule has 3 aliphatic rings. The van der Waals surface area contributed by atoms with Gasteiger partial charge in [0.15, 0.2) is 11.6 Å². The molecule has 0 unspecified atom stereocenters. The van der Waals surface area contributed by atoms with Crippen LogP contribution in [0.5, 0.6) is 11.5 Å². The predicted octanol–water partition coefficient (Wildman–Crippen LogP) is 4.65. The van der Waals surface area contributed by atoms with Crippen LogP contribution in [0.15, 0.2) is 48.8 Å². The maximum absolute atomic E-state index is 14.9. The molecule has 13 heteroatoms. The summed E-state index contributed by atoms with van der Waals surface area (Å²) in [6.07, 6.45) is 9.09. The molecular weight excluding hydrogens is 643 g/mol. The maximum Gasteiger partial charge on any atom is 0.319 e. The smallest absolute Gasteiger partial charge is 0.319 e. The van der Waals surface area contributed by atoms with Gasteiger partial charge in [-0.1, -0.05) is 6.07 Å². The Morgan fingerprint density at radius 3 is 2.40 bits per heavy atom. The summed E-state index contributed by atoms with van der Waals surface area (Å²) in [7, 11) is 1.65. The van der Waals surface area contributed by atoms with E-state index in [1.165, 1.54) is 17.7 Å². The summed E-state index contributed by atoms with van der Waals surface area (Å²) in [6.45, 7) is 7.78. The summed E-state index contributed by atoms with van der Waals surface area (Å²) in [5, 5.41) is 9.04. The van der Waals surface area contributed by atoms with Crippen LogP contribution in [0.2, 0.25) is 0 Å². The molecule has 2 amide bonds. The van der Waals surface area contributed by atoms with Crippen molar-refractivity contribution in [1.29, 1.82) is 0 Å². The number of hydrogen-bond donors (Lipinski definition) is 3. The van der Waals surface area contributed by atoms with Crippen LogP contribution in [0.25, 0.3) is 11.6 Å². The molecule has 6 rings (SSSR count). The number of anilines is 1. The number of fused-ring (bicyclic) bond motifs is 1. The standard InChI is InChI=1S/C37H47FN6O6/c1-46-14-15-48-18-19-49-17-16-47-13-12-39-30-24-44(25-30)23-26-2-8-33(41-22-26)27-3-7-31-34(20-27)40-11-10-35(31)50-36-9-6-29(21-32(36)38)43-37(45)42-28-4-5-28/h2,6,8-11,20-22,28,30,39H,3-5,7,12-19,23-25H2,1H3,(H2,42,43,45). The van der Waals surface area contributed by atoms with E-state index in [0.29, 0.717) is 70.1 Å². The number of allylic oxidation sites excluding steroid dienone is 1. The highest BCUT2D eigenvalue weighted by molar-refractivity contribution is 5.89. The van der Waals surface area contributed by atoms with Gasteiger partial charge in [-0.2, -0.15) is 0 Å². The largest absolute Gasteiger partial charge is 0.454 e. The van der Waals surface area contributed by atoms with Crippen molar-refractivity contribution in [3.8, 4) is 11.5 Å². The number of amides is 2. The highest BCUT2D eigenvalue weighted by Crippen LogP contribution is 2.36. The number of benzene rings is 1. The highest BCUT2D eigenvalue weighted by Gasteiger charge is 2.26. The molecule has 0 bridgehead atoms. The molecule has 2 fully saturated rings. The molecule has 12 nitrogen and oxygen atoms in total. The van der Waals surface area contributed by atoms with E-state index in [4.69, 9.17) is 28.7 Å². The van der Waals surface area contributed by atoms with Gasteiger partial charge in [0.25, 0.3) is 0 Å². The van der Waals surface area contributed by atoms with Crippen LogP contribution in [-0.2, 0) is 31.9 Å². The first kappa shape index (κ1) is 35.8. The Labute approximate surface area is 292 Å². The number of pyridine rings is 2.